The van der Waals surface area contributed by atoms with Crippen LogP contribution in [0.4, 0.5) is 4.79 Å². The Bertz CT molecular complexity index is 620. The zero-order valence-electron chi connectivity index (χ0n) is 15.2. The number of aromatic carboxylic acids is 1. The van der Waals surface area contributed by atoms with Crippen LogP contribution in [0.1, 0.15) is 43.1 Å². The minimum absolute atomic E-state index is 0.0810. The van der Waals surface area contributed by atoms with Crippen molar-refractivity contribution in [1.29, 1.82) is 0 Å². The molecule has 0 atom stereocenters. The predicted octanol–water partition coefficient (Wildman–Crippen LogP) is 3.33. The van der Waals surface area contributed by atoms with Crippen molar-refractivity contribution in [1.82, 2.24) is 5.32 Å². The number of carboxylic acid groups (broad SMARTS) is 1. The zero-order chi connectivity index (χ0) is 19.0. The maximum Gasteiger partial charge on any atom is 0.407 e. The summed E-state index contributed by atoms with van der Waals surface area (Å²) in [5.41, 5.74) is 0.178. The van der Waals surface area contributed by atoms with E-state index in [9.17, 15) is 9.59 Å². The number of nitrogens with one attached hydrogen (secondary N) is 1. The molecule has 0 saturated carbocycles. The van der Waals surface area contributed by atoms with Gasteiger partial charge in [0, 0.05) is 6.54 Å². The van der Waals surface area contributed by atoms with Crippen molar-refractivity contribution in [3.8, 4) is 11.5 Å². The molecular formula is C18H25NO6. The van der Waals surface area contributed by atoms with Crippen LogP contribution >= 0.6 is 0 Å². The van der Waals surface area contributed by atoms with Gasteiger partial charge in [0.05, 0.1) is 25.3 Å². The Morgan fingerprint density at radius 1 is 1.16 bits per heavy atom. The molecule has 7 nitrogen and oxygen atoms in total. The molecule has 1 amide bonds. The molecule has 2 N–H and O–H groups in total. The van der Waals surface area contributed by atoms with Gasteiger partial charge < -0.3 is 24.6 Å². The Kier molecular flexibility index (Phi) is 7.29. The lowest BCUT2D eigenvalue weighted by Crippen LogP contribution is -2.32. The highest BCUT2D eigenvalue weighted by Crippen LogP contribution is 2.32. The second-order valence-electron chi connectivity index (χ2n) is 6.22. The van der Waals surface area contributed by atoms with Gasteiger partial charge in [0.1, 0.15) is 17.1 Å². The van der Waals surface area contributed by atoms with Crippen LogP contribution in [0.2, 0.25) is 0 Å². The third-order valence-electron chi connectivity index (χ3n) is 3.05. The summed E-state index contributed by atoms with van der Waals surface area (Å²) in [6, 6.07) is 2.87. The molecule has 0 saturated heterocycles. The first kappa shape index (κ1) is 20.3. The summed E-state index contributed by atoms with van der Waals surface area (Å²) < 4.78 is 15.6. The van der Waals surface area contributed by atoms with Gasteiger partial charge in [0.25, 0.3) is 0 Å². The number of carbonyl (C=O) groups excluding carboxylic acids is 1. The molecule has 0 aliphatic carbocycles. The Labute approximate surface area is 147 Å². The van der Waals surface area contributed by atoms with Gasteiger partial charge in [-0.25, -0.2) is 9.59 Å². The fourth-order valence-electron chi connectivity index (χ4n) is 2.00. The van der Waals surface area contributed by atoms with E-state index in [1.807, 2.05) is 6.08 Å². The van der Waals surface area contributed by atoms with Crippen molar-refractivity contribution >= 4 is 18.1 Å². The van der Waals surface area contributed by atoms with Crippen LogP contribution in [0, 0.1) is 0 Å². The number of carbonyl (C=O) groups is 2. The van der Waals surface area contributed by atoms with Crippen LogP contribution < -0.4 is 14.8 Å². The summed E-state index contributed by atoms with van der Waals surface area (Å²) >= 11 is 0. The summed E-state index contributed by atoms with van der Waals surface area (Å²) in [5, 5.41) is 11.8. The van der Waals surface area contributed by atoms with Gasteiger partial charge in [0.15, 0.2) is 0 Å². The fourth-order valence-corrected chi connectivity index (χ4v) is 2.00. The summed E-state index contributed by atoms with van der Waals surface area (Å²) in [7, 11) is 2.92. The largest absolute Gasteiger partial charge is 0.496 e. The maximum absolute atomic E-state index is 11.5. The number of ether oxygens (including phenoxy) is 3. The van der Waals surface area contributed by atoms with E-state index in [4.69, 9.17) is 19.3 Å². The second-order valence-corrected chi connectivity index (χ2v) is 6.22. The van der Waals surface area contributed by atoms with Crippen molar-refractivity contribution in [2.75, 3.05) is 20.8 Å². The van der Waals surface area contributed by atoms with E-state index < -0.39 is 17.7 Å². The van der Waals surface area contributed by atoms with Gasteiger partial charge in [-0.05, 0) is 39.3 Å². The molecule has 0 aliphatic rings. The monoisotopic (exact) mass is 351 g/mol. The van der Waals surface area contributed by atoms with E-state index in [1.165, 1.54) is 26.4 Å². The SMILES string of the molecule is COc1cc(C(=O)O)cc(OC)c1C=CCCNC(=O)OC(C)(C)C. The van der Waals surface area contributed by atoms with E-state index >= 15 is 0 Å². The van der Waals surface area contributed by atoms with Gasteiger partial charge in [-0.15, -0.1) is 0 Å². The van der Waals surface area contributed by atoms with Crippen molar-refractivity contribution in [2.24, 2.45) is 0 Å². The molecule has 7 heteroatoms. The number of alkyl carbamates (subject to hydrolysis) is 1. The summed E-state index contributed by atoms with van der Waals surface area (Å²) in [6.45, 7) is 5.80. The lowest BCUT2D eigenvalue weighted by molar-refractivity contribution is 0.0528. The summed E-state index contributed by atoms with van der Waals surface area (Å²) in [6.07, 6.45) is 3.69. The highest BCUT2D eigenvalue weighted by atomic mass is 16.6. The standard InChI is InChI=1S/C18H25NO6/c1-18(2,3)25-17(22)19-9-7-6-8-13-14(23-4)10-12(16(20)21)11-15(13)24-5/h6,8,10-11H,7,9H2,1-5H3,(H,19,22)(H,20,21). The first-order valence-electron chi connectivity index (χ1n) is 7.80. The molecule has 1 aromatic rings. The smallest absolute Gasteiger partial charge is 0.407 e. The Balaban J connectivity index is 2.74. The van der Waals surface area contributed by atoms with Crippen molar-refractivity contribution in [3.63, 3.8) is 0 Å². The first-order valence-corrected chi connectivity index (χ1v) is 7.80. The highest BCUT2D eigenvalue weighted by Gasteiger charge is 2.15. The van der Waals surface area contributed by atoms with Crippen LogP contribution in [0.5, 0.6) is 11.5 Å². The fraction of sp³-hybridized carbons (Fsp3) is 0.444. The molecule has 0 fully saturated rings. The van der Waals surface area contributed by atoms with E-state index in [2.05, 4.69) is 5.32 Å². The average Bonchev–Trinajstić information content (AvgIpc) is 2.52. The number of hydrogen-bond acceptors (Lipinski definition) is 5. The van der Waals surface area contributed by atoms with Crippen LogP contribution in [0.25, 0.3) is 6.08 Å². The lowest BCUT2D eigenvalue weighted by atomic mass is 10.1. The second kappa shape index (κ2) is 8.96. The molecule has 0 unspecified atom stereocenters. The summed E-state index contributed by atoms with van der Waals surface area (Å²) in [5.74, 6) is -0.269. The minimum Gasteiger partial charge on any atom is -0.496 e. The Morgan fingerprint density at radius 2 is 1.72 bits per heavy atom. The molecular weight excluding hydrogens is 326 g/mol. The quantitative estimate of drug-likeness (QED) is 0.732. The van der Waals surface area contributed by atoms with E-state index in [0.29, 0.717) is 30.0 Å². The summed E-state index contributed by atoms with van der Waals surface area (Å²) in [4.78, 5) is 22.7. The van der Waals surface area contributed by atoms with Gasteiger partial charge in [-0.1, -0.05) is 12.2 Å². The van der Waals surface area contributed by atoms with Crippen molar-refractivity contribution in [2.45, 2.75) is 32.8 Å². The minimum atomic E-state index is -1.06. The molecule has 0 aliphatic heterocycles. The predicted molar refractivity (Wildman–Crippen MR) is 94.4 cm³/mol. The third kappa shape index (κ3) is 6.74. The number of carboxylic acids is 1. The third-order valence-corrected chi connectivity index (χ3v) is 3.05. The van der Waals surface area contributed by atoms with Gasteiger partial charge >= 0.3 is 12.1 Å². The van der Waals surface area contributed by atoms with Gasteiger partial charge in [0.2, 0.25) is 0 Å². The Morgan fingerprint density at radius 3 is 2.16 bits per heavy atom. The van der Waals surface area contributed by atoms with Crippen LogP contribution in [0.3, 0.4) is 0 Å². The topological polar surface area (TPSA) is 94.1 Å². The molecule has 0 spiro atoms. The van der Waals surface area contributed by atoms with E-state index in [-0.39, 0.29) is 5.56 Å². The van der Waals surface area contributed by atoms with Gasteiger partial charge in [-0.2, -0.15) is 0 Å². The van der Waals surface area contributed by atoms with Crippen LogP contribution in [0.15, 0.2) is 18.2 Å². The highest BCUT2D eigenvalue weighted by molar-refractivity contribution is 5.90. The first-order chi connectivity index (χ1) is 11.7. The van der Waals surface area contributed by atoms with Crippen LogP contribution in [-0.4, -0.2) is 43.5 Å². The van der Waals surface area contributed by atoms with E-state index in [1.54, 1.807) is 26.8 Å². The van der Waals surface area contributed by atoms with Crippen molar-refractivity contribution < 1.29 is 28.9 Å². The number of benzene rings is 1. The normalized spacial score (nSPS) is 11.2. The maximum atomic E-state index is 11.5. The average molecular weight is 351 g/mol. The number of methoxy groups -OCH3 is 2. The number of hydrogen-bond donors (Lipinski definition) is 2. The molecule has 0 bridgehead atoms. The van der Waals surface area contributed by atoms with Crippen LogP contribution in [-0.2, 0) is 4.74 Å². The molecule has 138 valence electrons. The molecule has 25 heavy (non-hydrogen) atoms. The zero-order valence-corrected chi connectivity index (χ0v) is 15.2. The van der Waals surface area contributed by atoms with Gasteiger partial charge in [-0.3, -0.25) is 0 Å². The molecule has 0 heterocycles. The number of rotatable bonds is 7. The lowest BCUT2D eigenvalue weighted by Gasteiger charge is -2.19. The molecule has 1 rings (SSSR count). The number of amides is 1. The Hall–Kier alpha value is -2.70. The molecule has 0 radical (unpaired) electrons. The van der Waals surface area contributed by atoms with Crippen molar-refractivity contribution in [3.05, 3.63) is 29.3 Å². The molecule has 0 aromatic heterocycles. The molecule has 1 aromatic carbocycles. The van der Waals surface area contributed by atoms with E-state index in [0.717, 1.165) is 0 Å².